The molecule has 0 unspecified atom stereocenters. The maximum Gasteiger partial charge on any atom is 0.228 e. The number of hydrogen-bond acceptors (Lipinski definition) is 2. The van der Waals surface area contributed by atoms with Crippen molar-refractivity contribution in [2.45, 2.75) is 39.2 Å². The molecule has 98 valence electrons. The molecular formula is C15H22N2O. The summed E-state index contributed by atoms with van der Waals surface area (Å²) in [6.45, 7) is 7.91. The monoisotopic (exact) mass is 246 g/mol. The lowest BCUT2D eigenvalue weighted by Gasteiger charge is -2.31. The Morgan fingerprint density at radius 1 is 1.33 bits per heavy atom. The zero-order valence-corrected chi connectivity index (χ0v) is 11.5. The predicted molar refractivity (Wildman–Crippen MR) is 74.9 cm³/mol. The number of nitrogens with zero attached hydrogens (tertiary/aromatic N) is 1. The average molecular weight is 246 g/mol. The van der Waals surface area contributed by atoms with E-state index in [1.165, 1.54) is 5.56 Å². The Morgan fingerprint density at radius 2 is 2.06 bits per heavy atom. The van der Waals surface area contributed by atoms with Crippen molar-refractivity contribution in [1.29, 1.82) is 0 Å². The summed E-state index contributed by atoms with van der Waals surface area (Å²) in [6.07, 6.45) is 1.52. The van der Waals surface area contributed by atoms with Crippen LogP contribution < -0.4 is 10.2 Å². The molecule has 0 atom stereocenters. The van der Waals surface area contributed by atoms with Crippen LogP contribution in [0.3, 0.4) is 0 Å². The molecule has 1 aromatic carbocycles. The number of anilines is 1. The first-order chi connectivity index (χ1) is 8.53. The number of aryl methyl sites for hydroxylation is 1. The smallest absolute Gasteiger partial charge is 0.228 e. The minimum absolute atomic E-state index is 0.0347. The molecule has 0 saturated carbocycles. The molecule has 0 aliphatic carbocycles. The minimum Gasteiger partial charge on any atom is -0.310 e. The fourth-order valence-electron chi connectivity index (χ4n) is 2.47. The van der Waals surface area contributed by atoms with Crippen LogP contribution in [0.4, 0.5) is 5.69 Å². The van der Waals surface area contributed by atoms with Gasteiger partial charge in [-0.3, -0.25) is 4.79 Å². The molecule has 1 amide bonds. The highest BCUT2D eigenvalue weighted by molar-refractivity contribution is 5.94. The van der Waals surface area contributed by atoms with E-state index < -0.39 is 0 Å². The Balaban J connectivity index is 2.36. The third-order valence-corrected chi connectivity index (χ3v) is 3.46. The molecule has 3 nitrogen and oxygen atoms in total. The number of benzene rings is 1. The normalized spacial score (nSPS) is 19.7. The predicted octanol–water partition coefficient (Wildman–Crippen LogP) is 2.35. The Bertz CT molecular complexity index is 440. The quantitative estimate of drug-likeness (QED) is 0.868. The Labute approximate surface area is 109 Å². The fraction of sp³-hybridized carbons (Fsp3) is 0.533. The Hall–Kier alpha value is -1.35. The lowest BCUT2D eigenvalue weighted by molar-refractivity contribution is -0.118. The van der Waals surface area contributed by atoms with E-state index in [1.807, 2.05) is 17.0 Å². The number of amides is 1. The van der Waals surface area contributed by atoms with Crippen LogP contribution in [0.15, 0.2) is 24.3 Å². The molecule has 18 heavy (non-hydrogen) atoms. The maximum absolute atomic E-state index is 12.3. The van der Waals surface area contributed by atoms with Gasteiger partial charge in [0.05, 0.1) is 0 Å². The summed E-state index contributed by atoms with van der Waals surface area (Å²) in [6, 6.07) is 8.20. The second-order valence-corrected chi connectivity index (χ2v) is 5.52. The van der Waals surface area contributed by atoms with E-state index in [1.54, 1.807) is 0 Å². The molecule has 1 saturated heterocycles. The SMILES string of the molecule is CCc1ccccc1N1CC(C)(C)NCCC1=O. The van der Waals surface area contributed by atoms with Crippen LogP contribution >= 0.6 is 0 Å². The summed E-state index contributed by atoms with van der Waals surface area (Å²) in [5.74, 6) is 0.217. The number of rotatable bonds is 2. The summed E-state index contributed by atoms with van der Waals surface area (Å²) < 4.78 is 0. The molecular weight excluding hydrogens is 224 g/mol. The summed E-state index contributed by atoms with van der Waals surface area (Å²) in [7, 11) is 0. The van der Waals surface area contributed by atoms with Crippen LogP contribution in [0.1, 0.15) is 32.8 Å². The van der Waals surface area contributed by atoms with Gasteiger partial charge in [-0.15, -0.1) is 0 Å². The van der Waals surface area contributed by atoms with Gasteiger partial charge in [-0.05, 0) is 31.9 Å². The highest BCUT2D eigenvalue weighted by atomic mass is 16.2. The first-order valence-corrected chi connectivity index (χ1v) is 6.67. The molecule has 2 rings (SSSR count). The van der Waals surface area contributed by atoms with Crippen molar-refractivity contribution in [3.8, 4) is 0 Å². The fourth-order valence-corrected chi connectivity index (χ4v) is 2.47. The van der Waals surface area contributed by atoms with E-state index in [-0.39, 0.29) is 11.4 Å². The molecule has 1 aliphatic rings. The summed E-state index contributed by atoms with van der Waals surface area (Å²) in [5.41, 5.74) is 2.28. The lowest BCUT2D eigenvalue weighted by Crippen LogP contribution is -2.47. The number of carbonyl (C=O) groups is 1. The standard InChI is InChI=1S/C15H22N2O/c1-4-12-7-5-6-8-13(12)17-11-15(2,3)16-10-9-14(17)18/h5-8,16H,4,9-11H2,1-3H3. The highest BCUT2D eigenvalue weighted by Crippen LogP contribution is 2.25. The van der Waals surface area contributed by atoms with Gasteiger partial charge in [-0.1, -0.05) is 25.1 Å². The zero-order chi connectivity index (χ0) is 13.2. The van der Waals surface area contributed by atoms with Gasteiger partial charge in [0.25, 0.3) is 0 Å². The number of nitrogens with one attached hydrogen (secondary N) is 1. The first-order valence-electron chi connectivity index (χ1n) is 6.67. The summed E-state index contributed by atoms with van der Waals surface area (Å²) in [5, 5.41) is 3.43. The lowest BCUT2D eigenvalue weighted by atomic mass is 10.0. The summed E-state index contributed by atoms with van der Waals surface area (Å²) in [4.78, 5) is 14.2. The molecule has 3 heteroatoms. The molecule has 1 aromatic rings. The van der Waals surface area contributed by atoms with Gasteiger partial charge in [0.15, 0.2) is 0 Å². The van der Waals surface area contributed by atoms with Crippen LogP contribution in [-0.2, 0) is 11.2 Å². The second-order valence-electron chi connectivity index (χ2n) is 5.52. The van der Waals surface area contributed by atoms with Gasteiger partial charge in [-0.25, -0.2) is 0 Å². The van der Waals surface area contributed by atoms with Crippen molar-refractivity contribution in [2.24, 2.45) is 0 Å². The third kappa shape index (κ3) is 2.72. The molecule has 0 bridgehead atoms. The summed E-state index contributed by atoms with van der Waals surface area (Å²) >= 11 is 0. The van der Waals surface area contributed by atoms with Crippen molar-refractivity contribution in [3.63, 3.8) is 0 Å². The number of hydrogen-bond donors (Lipinski definition) is 1. The van der Waals surface area contributed by atoms with Crippen LogP contribution in [0, 0.1) is 0 Å². The number of para-hydroxylation sites is 1. The van der Waals surface area contributed by atoms with Crippen LogP contribution in [0.2, 0.25) is 0 Å². The third-order valence-electron chi connectivity index (χ3n) is 3.46. The largest absolute Gasteiger partial charge is 0.310 e. The molecule has 1 fully saturated rings. The first kappa shape index (κ1) is 13.1. The Kier molecular flexibility index (Phi) is 3.71. The number of carbonyl (C=O) groups excluding carboxylic acids is 1. The molecule has 0 spiro atoms. The van der Waals surface area contributed by atoms with Crippen molar-refractivity contribution in [2.75, 3.05) is 18.0 Å². The van der Waals surface area contributed by atoms with Gasteiger partial charge in [0.1, 0.15) is 0 Å². The molecule has 1 aliphatic heterocycles. The van der Waals surface area contributed by atoms with E-state index >= 15 is 0 Å². The van der Waals surface area contributed by atoms with Crippen molar-refractivity contribution < 1.29 is 4.79 Å². The highest BCUT2D eigenvalue weighted by Gasteiger charge is 2.29. The van der Waals surface area contributed by atoms with Crippen molar-refractivity contribution in [3.05, 3.63) is 29.8 Å². The van der Waals surface area contributed by atoms with Crippen LogP contribution in [0.5, 0.6) is 0 Å². The van der Waals surface area contributed by atoms with Gasteiger partial charge >= 0.3 is 0 Å². The van der Waals surface area contributed by atoms with Gasteiger partial charge in [-0.2, -0.15) is 0 Å². The maximum atomic E-state index is 12.3. The van der Waals surface area contributed by atoms with E-state index in [0.717, 1.165) is 25.2 Å². The average Bonchev–Trinajstić information content (AvgIpc) is 2.48. The van der Waals surface area contributed by atoms with E-state index in [2.05, 4.69) is 38.2 Å². The van der Waals surface area contributed by atoms with Crippen molar-refractivity contribution >= 4 is 11.6 Å². The van der Waals surface area contributed by atoms with E-state index in [0.29, 0.717) is 6.42 Å². The molecule has 0 radical (unpaired) electrons. The van der Waals surface area contributed by atoms with Crippen molar-refractivity contribution in [1.82, 2.24) is 5.32 Å². The Morgan fingerprint density at radius 3 is 2.78 bits per heavy atom. The zero-order valence-electron chi connectivity index (χ0n) is 11.5. The molecule has 0 aromatic heterocycles. The topological polar surface area (TPSA) is 32.3 Å². The van der Waals surface area contributed by atoms with Crippen LogP contribution in [-0.4, -0.2) is 24.5 Å². The minimum atomic E-state index is -0.0347. The molecule has 1 heterocycles. The molecule has 1 N–H and O–H groups in total. The van der Waals surface area contributed by atoms with Gasteiger partial charge < -0.3 is 10.2 Å². The van der Waals surface area contributed by atoms with E-state index in [4.69, 9.17) is 0 Å². The van der Waals surface area contributed by atoms with Crippen LogP contribution in [0.25, 0.3) is 0 Å². The second kappa shape index (κ2) is 5.11. The van der Waals surface area contributed by atoms with E-state index in [9.17, 15) is 4.79 Å². The van der Waals surface area contributed by atoms with Gasteiger partial charge in [0, 0.05) is 30.7 Å². The van der Waals surface area contributed by atoms with Gasteiger partial charge in [0.2, 0.25) is 5.91 Å².